The summed E-state index contributed by atoms with van der Waals surface area (Å²) in [5.41, 5.74) is 1.15. The highest BCUT2D eigenvalue weighted by molar-refractivity contribution is 6.00. The standard InChI is InChI=1S/C24H25NO6/c26-18(16-4-7-19-21(14-16)29-13-3-12-28-19)6-9-23(27)25-17-5-8-20-22(15-17)31-24(30-20)10-1-2-11-24/h4-5,7-8,14-15H,1-3,6,9-13H2,(H,25,27). The number of ketones is 1. The van der Waals surface area contributed by atoms with E-state index in [4.69, 9.17) is 18.9 Å². The van der Waals surface area contributed by atoms with Gasteiger partial charge in [0.05, 0.1) is 13.2 Å². The fourth-order valence-electron chi connectivity index (χ4n) is 4.22. The summed E-state index contributed by atoms with van der Waals surface area (Å²) in [5, 5.41) is 2.84. The third-order valence-electron chi connectivity index (χ3n) is 5.83. The molecular formula is C24H25NO6. The number of hydrogen-bond donors (Lipinski definition) is 1. The molecule has 162 valence electrons. The van der Waals surface area contributed by atoms with Crippen molar-refractivity contribution in [2.75, 3.05) is 18.5 Å². The Morgan fingerprint density at radius 1 is 0.806 bits per heavy atom. The fraction of sp³-hybridized carbons (Fsp3) is 0.417. The van der Waals surface area contributed by atoms with Crippen LogP contribution in [0.25, 0.3) is 0 Å². The van der Waals surface area contributed by atoms with Crippen LogP contribution in [0.4, 0.5) is 5.69 Å². The molecule has 1 spiro atoms. The Bertz CT molecular complexity index is 1010. The molecule has 0 radical (unpaired) electrons. The molecule has 1 fully saturated rings. The minimum Gasteiger partial charge on any atom is -0.490 e. The van der Waals surface area contributed by atoms with Crippen LogP contribution in [-0.2, 0) is 4.79 Å². The summed E-state index contributed by atoms with van der Waals surface area (Å²) >= 11 is 0. The molecule has 1 saturated carbocycles. The van der Waals surface area contributed by atoms with Crippen molar-refractivity contribution in [2.45, 2.75) is 50.7 Å². The highest BCUT2D eigenvalue weighted by atomic mass is 16.7. The van der Waals surface area contributed by atoms with E-state index in [1.807, 2.05) is 6.07 Å². The van der Waals surface area contributed by atoms with Crippen LogP contribution in [0.2, 0.25) is 0 Å². The van der Waals surface area contributed by atoms with E-state index in [9.17, 15) is 9.59 Å². The predicted molar refractivity (Wildman–Crippen MR) is 113 cm³/mol. The number of benzene rings is 2. The average molecular weight is 423 g/mol. The van der Waals surface area contributed by atoms with Crippen molar-refractivity contribution in [3.63, 3.8) is 0 Å². The molecule has 0 bridgehead atoms. The molecule has 0 unspecified atom stereocenters. The van der Waals surface area contributed by atoms with Crippen LogP contribution >= 0.6 is 0 Å². The van der Waals surface area contributed by atoms with Crippen LogP contribution in [0.5, 0.6) is 23.0 Å². The maximum absolute atomic E-state index is 12.6. The molecule has 0 atom stereocenters. The second-order valence-electron chi connectivity index (χ2n) is 8.17. The van der Waals surface area contributed by atoms with Gasteiger partial charge in [-0.3, -0.25) is 9.59 Å². The largest absolute Gasteiger partial charge is 0.490 e. The van der Waals surface area contributed by atoms with E-state index in [2.05, 4.69) is 5.32 Å². The second-order valence-corrected chi connectivity index (χ2v) is 8.17. The number of Topliss-reactive ketones (excluding diaryl/α,β-unsaturated/α-hetero) is 1. The van der Waals surface area contributed by atoms with Crippen molar-refractivity contribution in [1.82, 2.24) is 0 Å². The lowest BCUT2D eigenvalue weighted by Gasteiger charge is -2.21. The Morgan fingerprint density at radius 2 is 1.55 bits per heavy atom. The van der Waals surface area contributed by atoms with Crippen molar-refractivity contribution in [3.05, 3.63) is 42.0 Å². The lowest BCUT2D eigenvalue weighted by Crippen LogP contribution is -2.34. The fourth-order valence-corrected chi connectivity index (χ4v) is 4.22. The molecule has 7 heteroatoms. The number of rotatable bonds is 5. The number of anilines is 1. The number of carbonyl (C=O) groups excluding carboxylic acids is 2. The van der Waals surface area contributed by atoms with Gasteiger partial charge >= 0.3 is 0 Å². The first-order valence-corrected chi connectivity index (χ1v) is 10.9. The van der Waals surface area contributed by atoms with Crippen LogP contribution in [0.15, 0.2) is 36.4 Å². The quantitative estimate of drug-likeness (QED) is 0.714. The summed E-state index contributed by atoms with van der Waals surface area (Å²) in [6, 6.07) is 10.5. The van der Waals surface area contributed by atoms with E-state index in [-0.39, 0.29) is 24.5 Å². The SMILES string of the molecule is O=C(CCC(=O)c1ccc2c(c1)OCCCO2)Nc1ccc2c(c1)OC1(CCCC1)O2. The molecular weight excluding hydrogens is 398 g/mol. The first-order chi connectivity index (χ1) is 15.1. The number of hydrogen-bond acceptors (Lipinski definition) is 6. The third kappa shape index (κ3) is 4.17. The minimum absolute atomic E-state index is 0.0889. The number of carbonyl (C=O) groups is 2. The number of ether oxygens (including phenoxy) is 4. The summed E-state index contributed by atoms with van der Waals surface area (Å²) in [6.45, 7) is 1.16. The van der Waals surface area contributed by atoms with E-state index in [1.165, 1.54) is 0 Å². The molecule has 1 aliphatic carbocycles. The highest BCUT2D eigenvalue weighted by Gasteiger charge is 2.44. The molecule has 1 amide bonds. The molecule has 2 aromatic rings. The molecule has 7 nitrogen and oxygen atoms in total. The van der Waals surface area contributed by atoms with Gasteiger partial charge in [-0.15, -0.1) is 0 Å². The zero-order valence-electron chi connectivity index (χ0n) is 17.3. The molecule has 3 aliphatic rings. The van der Waals surface area contributed by atoms with Gasteiger partial charge < -0.3 is 24.3 Å². The van der Waals surface area contributed by atoms with E-state index < -0.39 is 5.79 Å². The lowest BCUT2D eigenvalue weighted by atomic mass is 10.1. The van der Waals surface area contributed by atoms with Crippen molar-refractivity contribution < 1.29 is 28.5 Å². The monoisotopic (exact) mass is 423 g/mol. The Balaban J connectivity index is 1.17. The Hall–Kier alpha value is -3.22. The summed E-state index contributed by atoms with van der Waals surface area (Å²) in [5.74, 6) is 1.73. The van der Waals surface area contributed by atoms with Crippen LogP contribution in [0.3, 0.4) is 0 Å². The van der Waals surface area contributed by atoms with Gasteiger partial charge in [0.1, 0.15) is 0 Å². The van der Waals surface area contributed by atoms with Gasteiger partial charge in [0.15, 0.2) is 28.8 Å². The predicted octanol–water partition coefficient (Wildman–Crippen LogP) is 4.49. The number of amides is 1. The summed E-state index contributed by atoms with van der Waals surface area (Å²) in [7, 11) is 0. The van der Waals surface area contributed by atoms with Gasteiger partial charge in [0, 0.05) is 49.4 Å². The third-order valence-corrected chi connectivity index (χ3v) is 5.83. The smallest absolute Gasteiger partial charge is 0.251 e. The van der Waals surface area contributed by atoms with Crippen molar-refractivity contribution in [3.8, 4) is 23.0 Å². The van der Waals surface area contributed by atoms with Crippen molar-refractivity contribution >= 4 is 17.4 Å². The zero-order valence-corrected chi connectivity index (χ0v) is 17.3. The maximum atomic E-state index is 12.6. The highest BCUT2D eigenvalue weighted by Crippen LogP contribution is 2.47. The number of fused-ring (bicyclic) bond motifs is 2. The average Bonchev–Trinajstić information content (AvgIpc) is 3.29. The van der Waals surface area contributed by atoms with E-state index in [1.54, 1.807) is 30.3 Å². The van der Waals surface area contributed by atoms with E-state index in [0.717, 1.165) is 32.1 Å². The maximum Gasteiger partial charge on any atom is 0.251 e. The molecule has 2 aliphatic heterocycles. The van der Waals surface area contributed by atoms with Crippen molar-refractivity contribution in [1.29, 1.82) is 0 Å². The van der Waals surface area contributed by atoms with Gasteiger partial charge in [0.2, 0.25) is 5.91 Å². The Kier molecular flexibility index (Phi) is 5.18. The van der Waals surface area contributed by atoms with Gasteiger partial charge in [-0.05, 0) is 43.2 Å². The minimum atomic E-state index is -0.528. The summed E-state index contributed by atoms with van der Waals surface area (Å²) < 4.78 is 23.3. The second kappa shape index (κ2) is 8.13. The molecule has 0 saturated heterocycles. The molecule has 2 heterocycles. The zero-order chi connectivity index (χ0) is 21.3. The first kappa shape index (κ1) is 19.7. The number of nitrogens with one attached hydrogen (secondary N) is 1. The van der Waals surface area contributed by atoms with Gasteiger partial charge in [-0.1, -0.05) is 0 Å². The lowest BCUT2D eigenvalue weighted by molar-refractivity contribution is -0.116. The Labute approximate surface area is 180 Å². The van der Waals surface area contributed by atoms with Crippen LogP contribution in [0, 0.1) is 0 Å². The Morgan fingerprint density at radius 3 is 2.39 bits per heavy atom. The summed E-state index contributed by atoms with van der Waals surface area (Å²) in [6.07, 6.45) is 4.95. The van der Waals surface area contributed by atoms with E-state index >= 15 is 0 Å². The first-order valence-electron chi connectivity index (χ1n) is 10.9. The topological polar surface area (TPSA) is 83.1 Å². The van der Waals surface area contributed by atoms with Crippen LogP contribution in [-0.4, -0.2) is 30.7 Å². The van der Waals surface area contributed by atoms with E-state index in [0.29, 0.717) is 47.5 Å². The van der Waals surface area contributed by atoms with Crippen LogP contribution < -0.4 is 24.3 Å². The molecule has 31 heavy (non-hydrogen) atoms. The summed E-state index contributed by atoms with van der Waals surface area (Å²) in [4.78, 5) is 25.0. The molecule has 0 aromatic heterocycles. The molecule has 5 rings (SSSR count). The van der Waals surface area contributed by atoms with Gasteiger partial charge in [0.25, 0.3) is 5.79 Å². The normalized spacial score (nSPS) is 17.9. The van der Waals surface area contributed by atoms with Crippen molar-refractivity contribution in [2.24, 2.45) is 0 Å². The van der Waals surface area contributed by atoms with Gasteiger partial charge in [-0.2, -0.15) is 0 Å². The molecule has 2 aromatic carbocycles. The molecule has 1 N–H and O–H groups in total. The van der Waals surface area contributed by atoms with Gasteiger partial charge in [-0.25, -0.2) is 0 Å². The van der Waals surface area contributed by atoms with Crippen LogP contribution in [0.1, 0.15) is 55.3 Å².